The predicted molar refractivity (Wildman–Crippen MR) is 162 cm³/mol. The summed E-state index contributed by atoms with van der Waals surface area (Å²) in [5.74, 6) is 0.345. The predicted octanol–water partition coefficient (Wildman–Crippen LogP) is 5.93. The van der Waals surface area contributed by atoms with Crippen LogP contribution in [-0.2, 0) is 4.79 Å². The lowest BCUT2D eigenvalue weighted by atomic mass is 9.93. The maximum absolute atomic E-state index is 14.7. The van der Waals surface area contributed by atoms with E-state index in [4.69, 9.17) is 9.47 Å². The molecule has 0 radical (unpaired) electrons. The van der Waals surface area contributed by atoms with Gasteiger partial charge in [0.1, 0.15) is 5.75 Å². The molecule has 1 aromatic carbocycles. The highest BCUT2D eigenvalue weighted by Crippen LogP contribution is 2.44. The molecule has 4 bridgehead atoms. The molecule has 0 aliphatic carbocycles. The number of amides is 2. The van der Waals surface area contributed by atoms with Crippen molar-refractivity contribution in [3.63, 3.8) is 0 Å². The standard InChI is InChI=1S/C33H38FN5O4/c1-42-32-24(34)11-7-12-25(32)37-31-28-29-22(17-36-33(28)41)10-5-3-2-4-6-13-27(40)39-16-8-9-21(19-39)20-43-26-18-35-15-14-23(26)30(31)38-29/h3,5,7,11-12,14-15,18,21-22,37-38H,2,4,6,8-10,13,16-17,19-20H2,1H3,(H,36,41). The van der Waals surface area contributed by atoms with Gasteiger partial charge < -0.3 is 30.0 Å². The number of anilines is 2. The first-order chi connectivity index (χ1) is 21.0. The summed E-state index contributed by atoms with van der Waals surface area (Å²) < 4.78 is 26.5. The van der Waals surface area contributed by atoms with Crippen LogP contribution in [0.5, 0.6) is 11.5 Å². The molecule has 0 spiro atoms. The number of pyridine rings is 1. The molecule has 2 amide bonds. The van der Waals surface area contributed by atoms with E-state index in [1.165, 1.54) is 13.2 Å². The average Bonchev–Trinajstić information content (AvgIpc) is 3.40. The number of H-pyrrole nitrogens is 1. The number of methoxy groups -OCH3 is 1. The van der Waals surface area contributed by atoms with Gasteiger partial charge in [0.05, 0.1) is 42.5 Å². The third-order valence-electron chi connectivity index (χ3n) is 8.60. The Morgan fingerprint density at radius 1 is 1.16 bits per heavy atom. The molecule has 43 heavy (non-hydrogen) atoms. The number of para-hydroxylation sites is 1. The highest BCUT2D eigenvalue weighted by atomic mass is 19.1. The van der Waals surface area contributed by atoms with Crippen LogP contribution in [0, 0.1) is 11.7 Å². The number of ether oxygens (including phenoxy) is 2. The van der Waals surface area contributed by atoms with E-state index in [2.05, 4.69) is 32.8 Å². The molecular formula is C33H38FN5O4. The van der Waals surface area contributed by atoms with E-state index in [0.717, 1.165) is 56.3 Å². The molecule has 1 fully saturated rings. The normalized spacial score (nSPS) is 21.0. The zero-order chi connectivity index (χ0) is 29.8. The van der Waals surface area contributed by atoms with Crippen molar-refractivity contribution in [3.05, 3.63) is 65.9 Å². The van der Waals surface area contributed by atoms with Crippen molar-refractivity contribution in [1.82, 2.24) is 20.2 Å². The lowest BCUT2D eigenvalue weighted by molar-refractivity contribution is -0.133. The zero-order valence-electron chi connectivity index (χ0n) is 24.5. The number of nitrogens with zero attached hydrogens (tertiary/aromatic N) is 2. The number of benzene rings is 1. The molecule has 3 N–H and O–H groups in total. The molecule has 5 heterocycles. The number of nitrogens with one attached hydrogen (secondary N) is 3. The number of hydrogen-bond acceptors (Lipinski definition) is 6. The van der Waals surface area contributed by atoms with Crippen LogP contribution < -0.4 is 20.1 Å². The van der Waals surface area contributed by atoms with Crippen LogP contribution in [0.4, 0.5) is 15.8 Å². The van der Waals surface area contributed by atoms with Crippen molar-refractivity contribution in [2.24, 2.45) is 5.92 Å². The number of carbonyl (C=O) groups excluding carboxylic acids is 2. The Labute approximate surface area is 250 Å². The maximum Gasteiger partial charge on any atom is 0.255 e. The van der Waals surface area contributed by atoms with Gasteiger partial charge in [0.2, 0.25) is 5.91 Å². The number of piperidine rings is 1. The van der Waals surface area contributed by atoms with Gasteiger partial charge in [0.25, 0.3) is 5.91 Å². The van der Waals surface area contributed by atoms with Gasteiger partial charge in [0.15, 0.2) is 11.6 Å². The van der Waals surface area contributed by atoms with Crippen LogP contribution in [0.3, 0.4) is 0 Å². The van der Waals surface area contributed by atoms with Gasteiger partial charge in [-0.25, -0.2) is 4.39 Å². The number of hydrogen-bond donors (Lipinski definition) is 3. The SMILES string of the molecule is COc1c(F)cccc1Nc1c2[nH]c3c1C(=O)NCC3CC=CCCCCC(=O)N1CCCC(COc3cnccc3-2)C1. The van der Waals surface area contributed by atoms with Crippen LogP contribution in [0.1, 0.15) is 66.9 Å². The first-order valence-corrected chi connectivity index (χ1v) is 15.2. The van der Waals surface area contributed by atoms with E-state index in [1.807, 2.05) is 11.0 Å². The summed E-state index contributed by atoms with van der Waals surface area (Å²) in [5.41, 5.74) is 3.60. The molecule has 2 unspecified atom stereocenters. The average molecular weight is 588 g/mol. The van der Waals surface area contributed by atoms with Gasteiger partial charge in [-0.05, 0) is 56.7 Å². The summed E-state index contributed by atoms with van der Waals surface area (Å²) in [6.07, 6.45) is 13.6. The van der Waals surface area contributed by atoms with Crippen molar-refractivity contribution in [1.29, 1.82) is 0 Å². The minimum absolute atomic E-state index is 0.00886. The Balaban J connectivity index is 1.44. The number of rotatable bonds is 3. The number of allylic oxidation sites excluding steroid dienone is 2. The fourth-order valence-corrected chi connectivity index (χ4v) is 6.36. The second-order valence-electron chi connectivity index (χ2n) is 11.5. The van der Waals surface area contributed by atoms with Gasteiger partial charge in [-0.2, -0.15) is 0 Å². The lowest BCUT2D eigenvalue weighted by Crippen LogP contribution is -2.41. The number of aromatic amines is 1. The van der Waals surface area contributed by atoms with Crippen LogP contribution >= 0.6 is 0 Å². The molecule has 3 aromatic rings. The first kappa shape index (κ1) is 28.8. The molecule has 2 atom stereocenters. The summed E-state index contributed by atoms with van der Waals surface area (Å²) in [5, 5.41) is 6.38. The van der Waals surface area contributed by atoms with Gasteiger partial charge in [-0.1, -0.05) is 18.2 Å². The summed E-state index contributed by atoms with van der Waals surface area (Å²) in [4.78, 5) is 36.2. The molecule has 3 aliphatic rings. The molecule has 0 saturated carbocycles. The van der Waals surface area contributed by atoms with Crippen molar-refractivity contribution >= 4 is 23.2 Å². The summed E-state index contributed by atoms with van der Waals surface area (Å²) in [6.45, 7) is 2.41. The van der Waals surface area contributed by atoms with E-state index in [-0.39, 0.29) is 29.4 Å². The van der Waals surface area contributed by atoms with Gasteiger partial charge in [0, 0.05) is 55.3 Å². The molecule has 3 aliphatic heterocycles. The Bertz CT molecular complexity index is 1520. The number of halogens is 1. The highest BCUT2D eigenvalue weighted by molar-refractivity contribution is 6.07. The molecule has 10 heteroatoms. The third-order valence-corrected chi connectivity index (χ3v) is 8.60. The second kappa shape index (κ2) is 12.9. The van der Waals surface area contributed by atoms with Gasteiger partial charge >= 0.3 is 0 Å². The van der Waals surface area contributed by atoms with E-state index in [1.54, 1.807) is 24.5 Å². The Morgan fingerprint density at radius 2 is 2.07 bits per heavy atom. The van der Waals surface area contributed by atoms with Gasteiger partial charge in [-0.15, -0.1) is 0 Å². The summed E-state index contributed by atoms with van der Waals surface area (Å²) in [7, 11) is 1.42. The topological polar surface area (TPSA) is 109 Å². The molecule has 2 aromatic heterocycles. The lowest BCUT2D eigenvalue weighted by Gasteiger charge is -2.33. The number of carbonyl (C=O) groups is 2. The van der Waals surface area contributed by atoms with Crippen LogP contribution in [0.2, 0.25) is 0 Å². The third kappa shape index (κ3) is 6.09. The van der Waals surface area contributed by atoms with Crippen molar-refractivity contribution in [2.75, 3.05) is 38.7 Å². The van der Waals surface area contributed by atoms with Crippen molar-refractivity contribution < 1.29 is 23.5 Å². The van der Waals surface area contributed by atoms with Crippen molar-refractivity contribution in [2.45, 2.75) is 50.9 Å². The molecule has 1 saturated heterocycles. The number of aromatic nitrogens is 2. The summed E-state index contributed by atoms with van der Waals surface area (Å²) >= 11 is 0. The monoisotopic (exact) mass is 587 g/mol. The smallest absolute Gasteiger partial charge is 0.255 e. The van der Waals surface area contributed by atoms with Crippen LogP contribution in [0.25, 0.3) is 11.3 Å². The molecule has 9 nitrogen and oxygen atoms in total. The number of fused-ring (bicyclic) bond motifs is 5. The first-order valence-electron chi connectivity index (χ1n) is 15.2. The fourth-order valence-electron chi connectivity index (χ4n) is 6.36. The van der Waals surface area contributed by atoms with Crippen LogP contribution in [0.15, 0.2) is 48.8 Å². The second-order valence-corrected chi connectivity index (χ2v) is 11.5. The zero-order valence-corrected chi connectivity index (χ0v) is 24.5. The molecular weight excluding hydrogens is 549 g/mol. The van der Waals surface area contributed by atoms with Crippen LogP contribution in [-0.4, -0.2) is 60.0 Å². The van der Waals surface area contributed by atoms with E-state index < -0.39 is 5.82 Å². The molecule has 6 rings (SSSR count). The van der Waals surface area contributed by atoms with Crippen molar-refractivity contribution in [3.8, 4) is 22.8 Å². The van der Waals surface area contributed by atoms with E-state index in [0.29, 0.717) is 54.5 Å². The van der Waals surface area contributed by atoms with E-state index in [9.17, 15) is 14.0 Å². The largest absolute Gasteiger partial charge is 0.492 e. The Hall–Kier alpha value is -4.34. The van der Waals surface area contributed by atoms with Gasteiger partial charge in [-0.3, -0.25) is 14.6 Å². The molecule has 226 valence electrons. The Kier molecular flexibility index (Phi) is 8.62. The quantitative estimate of drug-likeness (QED) is 0.328. The van der Waals surface area contributed by atoms with E-state index >= 15 is 0 Å². The Morgan fingerprint density at radius 3 is 2.95 bits per heavy atom. The maximum atomic E-state index is 14.7. The fraction of sp³-hybridized carbons (Fsp3) is 0.424. The summed E-state index contributed by atoms with van der Waals surface area (Å²) in [6, 6.07) is 6.50. The minimum Gasteiger partial charge on any atom is -0.492 e. The minimum atomic E-state index is -0.507. The highest BCUT2D eigenvalue weighted by Gasteiger charge is 2.34.